The molecule has 0 saturated carbocycles. The Morgan fingerprint density at radius 2 is 2.07 bits per heavy atom. The van der Waals surface area contributed by atoms with Crippen LogP contribution >= 0.6 is 39.7 Å². The molecule has 3 aromatic rings. The van der Waals surface area contributed by atoms with E-state index in [9.17, 15) is 4.79 Å². The fourth-order valence-corrected chi connectivity index (χ4v) is 4.97. The molecule has 1 fully saturated rings. The Morgan fingerprint density at radius 1 is 1.30 bits per heavy atom. The monoisotopic (exact) mass is 513 g/mol. The van der Waals surface area contributed by atoms with E-state index in [-0.39, 0.29) is 18.3 Å². The molecule has 3 heterocycles. The number of hydrogen-bond acceptors (Lipinski definition) is 6. The molecule has 1 aromatic carbocycles. The average Bonchev–Trinajstić information content (AvgIpc) is 3.31. The maximum Gasteiger partial charge on any atom is 0.280 e. The maximum absolute atomic E-state index is 13.4. The number of anilines is 1. The Morgan fingerprint density at radius 3 is 2.77 bits per heavy atom. The van der Waals surface area contributed by atoms with Crippen LogP contribution in [0.5, 0.6) is 0 Å². The van der Waals surface area contributed by atoms with Crippen LogP contribution in [-0.2, 0) is 11.3 Å². The number of carbonyl (C=O) groups excluding carboxylic acids is 1. The lowest BCUT2D eigenvalue weighted by Crippen LogP contribution is -2.43. The van der Waals surface area contributed by atoms with Crippen molar-refractivity contribution < 1.29 is 9.53 Å². The zero-order valence-electron chi connectivity index (χ0n) is 17.0. The second kappa shape index (κ2) is 10.2. The number of halogens is 2. The molecule has 0 bridgehead atoms. The third kappa shape index (κ3) is 5.03. The molecule has 10 heteroatoms. The van der Waals surface area contributed by atoms with Crippen LogP contribution < -0.4 is 4.90 Å². The number of carbonyl (C=O) groups is 1. The van der Waals surface area contributed by atoms with Gasteiger partial charge in [-0.2, -0.15) is 5.10 Å². The number of nitrogens with zero attached hydrogens (tertiary/aromatic N) is 5. The lowest BCUT2D eigenvalue weighted by molar-refractivity contribution is 0.0391. The summed E-state index contributed by atoms with van der Waals surface area (Å²) < 4.78 is 9.34. The van der Waals surface area contributed by atoms with Crippen molar-refractivity contribution in [2.24, 2.45) is 0 Å². The highest BCUT2D eigenvalue weighted by molar-refractivity contribution is 9.10. The molecular formula is C20H25BrClN5O2S. The van der Waals surface area contributed by atoms with Gasteiger partial charge in [-0.05, 0) is 38.1 Å². The Balaban J connectivity index is 0.00000256. The lowest BCUT2D eigenvalue weighted by atomic mass is 10.3. The first-order chi connectivity index (χ1) is 14.0. The molecule has 0 spiro atoms. The molecule has 0 aliphatic carbocycles. The van der Waals surface area contributed by atoms with Gasteiger partial charge in [0.25, 0.3) is 5.91 Å². The first kappa shape index (κ1) is 23.1. The summed E-state index contributed by atoms with van der Waals surface area (Å²) in [7, 11) is 0. The molecule has 1 saturated heterocycles. The topological polar surface area (TPSA) is 63.5 Å². The number of aryl methyl sites for hydroxylation is 2. The summed E-state index contributed by atoms with van der Waals surface area (Å²) in [6, 6.07) is 7.84. The number of morpholine rings is 1. The van der Waals surface area contributed by atoms with E-state index in [0.29, 0.717) is 17.4 Å². The predicted octanol–water partition coefficient (Wildman–Crippen LogP) is 3.98. The van der Waals surface area contributed by atoms with E-state index in [1.165, 1.54) is 11.3 Å². The maximum atomic E-state index is 13.4. The lowest BCUT2D eigenvalue weighted by Gasteiger charge is -2.29. The first-order valence-electron chi connectivity index (χ1n) is 9.77. The number of rotatable bonds is 6. The van der Waals surface area contributed by atoms with E-state index >= 15 is 0 Å². The Labute approximate surface area is 194 Å². The van der Waals surface area contributed by atoms with E-state index in [1.54, 1.807) is 4.90 Å². The van der Waals surface area contributed by atoms with Gasteiger partial charge in [0.1, 0.15) is 0 Å². The third-order valence-electron chi connectivity index (χ3n) is 5.06. The molecular weight excluding hydrogens is 490 g/mol. The second-order valence-electron chi connectivity index (χ2n) is 7.01. The summed E-state index contributed by atoms with van der Waals surface area (Å²) in [5, 5.41) is 5.21. The molecule has 2 aromatic heterocycles. The summed E-state index contributed by atoms with van der Waals surface area (Å²) in [6.07, 6.45) is 0. The second-order valence-corrected chi connectivity index (χ2v) is 8.93. The van der Waals surface area contributed by atoms with Crippen molar-refractivity contribution in [2.75, 3.05) is 44.3 Å². The van der Waals surface area contributed by atoms with Gasteiger partial charge in [-0.3, -0.25) is 19.3 Å². The molecule has 1 aliphatic rings. The highest BCUT2D eigenvalue weighted by Gasteiger charge is 2.25. The van der Waals surface area contributed by atoms with Gasteiger partial charge < -0.3 is 4.74 Å². The van der Waals surface area contributed by atoms with Crippen LogP contribution in [0.1, 0.15) is 23.1 Å². The molecule has 0 radical (unpaired) electrons. The van der Waals surface area contributed by atoms with Gasteiger partial charge in [0.15, 0.2) is 10.8 Å². The molecule has 0 unspecified atom stereocenters. The summed E-state index contributed by atoms with van der Waals surface area (Å²) in [4.78, 5) is 22.2. The quantitative estimate of drug-likeness (QED) is 0.498. The zero-order valence-corrected chi connectivity index (χ0v) is 20.2. The van der Waals surface area contributed by atoms with E-state index in [2.05, 4.69) is 25.9 Å². The number of amides is 1. The van der Waals surface area contributed by atoms with Gasteiger partial charge in [-0.15, -0.1) is 12.4 Å². The Bertz CT molecular complexity index is 1020. The van der Waals surface area contributed by atoms with Gasteiger partial charge in [0.05, 0.1) is 23.4 Å². The van der Waals surface area contributed by atoms with Crippen molar-refractivity contribution in [3.63, 3.8) is 0 Å². The molecule has 0 atom stereocenters. The van der Waals surface area contributed by atoms with Crippen LogP contribution in [0.25, 0.3) is 10.2 Å². The normalized spacial score (nSPS) is 14.6. The SMILES string of the molecule is CCn1nc(C(=O)N(CCN2CCOCC2)c2nc3ccc(Br)cc3s2)cc1C.Cl. The predicted molar refractivity (Wildman–Crippen MR) is 126 cm³/mol. The Kier molecular flexibility index (Phi) is 7.86. The van der Waals surface area contributed by atoms with Crippen LogP contribution in [0.15, 0.2) is 28.7 Å². The first-order valence-corrected chi connectivity index (χ1v) is 11.4. The van der Waals surface area contributed by atoms with Crippen LogP contribution in [0.3, 0.4) is 0 Å². The zero-order chi connectivity index (χ0) is 20.4. The number of benzene rings is 1. The number of aromatic nitrogens is 3. The third-order valence-corrected chi connectivity index (χ3v) is 6.59. The Hall–Kier alpha value is -1.52. The van der Waals surface area contributed by atoms with E-state index in [1.807, 2.05) is 42.8 Å². The molecule has 0 N–H and O–H groups in total. The number of ether oxygens (including phenoxy) is 1. The number of hydrogen-bond donors (Lipinski definition) is 0. The summed E-state index contributed by atoms with van der Waals surface area (Å²) in [5.41, 5.74) is 2.34. The minimum atomic E-state index is -0.105. The van der Waals surface area contributed by atoms with Crippen molar-refractivity contribution in [1.82, 2.24) is 19.7 Å². The molecule has 162 valence electrons. The van der Waals surface area contributed by atoms with Gasteiger partial charge >= 0.3 is 0 Å². The van der Waals surface area contributed by atoms with Crippen LogP contribution in [0.2, 0.25) is 0 Å². The van der Waals surface area contributed by atoms with Crippen molar-refractivity contribution in [2.45, 2.75) is 20.4 Å². The fourth-order valence-electron chi connectivity index (χ4n) is 3.43. The average molecular weight is 515 g/mol. The number of thiazole rings is 1. The van der Waals surface area contributed by atoms with Crippen molar-refractivity contribution in [3.8, 4) is 0 Å². The largest absolute Gasteiger partial charge is 0.379 e. The molecule has 4 rings (SSSR count). The fraction of sp³-hybridized carbons (Fsp3) is 0.450. The van der Waals surface area contributed by atoms with Gasteiger partial charge in [-0.25, -0.2) is 4.98 Å². The van der Waals surface area contributed by atoms with Crippen molar-refractivity contribution >= 4 is 60.9 Å². The molecule has 7 nitrogen and oxygen atoms in total. The minimum absolute atomic E-state index is 0. The van der Waals surface area contributed by atoms with Crippen LogP contribution in [0, 0.1) is 6.92 Å². The number of fused-ring (bicyclic) bond motifs is 1. The summed E-state index contributed by atoms with van der Waals surface area (Å²) >= 11 is 5.04. The smallest absolute Gasteiger partial charge is 0.280 e. The van der Waals surface area contributed by atoms with Crippen molar-refractivity contribution in [1.29, 1.82) is 0 Å². The van der Waals surface area contributed by atoms with Gasteiger partial charge in [-0.1, -0.05) is 27.3 Å². The van der Waals surface area contributed by atoms with Crippen molar-refractivity contribution in [3.05, 3.63) is 40.1 Å². The van der Waals surface area contributed by atoms with Gasteiger partial charge in [0.2, 0.25) is 0 Å². The van der Waals surface area contributed by atoms with Crippen LogP contribution in [-0.4, -0.2) is 65.0 Å². The van der Waals surface area contributed by atoms with Gasteiger partial charge in [0, 0.05) is 42.9 Å². The van der Waals surface area contributed by atoms with E-state index in [0.717, 1.165) is 59.8 Å². The molecule has 1 amide bonds. The summed E-state index contributed by atoms with van der Waals surface area (Å²) in [6.45, 7) is 9.34. The van der Waals surface area contributed by atoms with E-state index in [4.69, 9.17) is 9.72 Å². The standard InChI is InChI=1S/C20H24BrN5O2S.ClH/c1-3-26-14(2)12-17(23-26)19(27)25(7-6-24-8-10-28-11-9-24)20-22-16-5-4-15(21)13-18(16)29-20;/h4-5,12-13H,3,6-11H2,1-2H3;1H. The highest BCUT2D eigenvalue weighted by Crippen LogP contribution is 2.31. The van der Waals surface area contributed by atoms with Crippen LogP contribution in [0.4, 0.5) is 5.13 Å². The highest BCUT2D eigenvalue weighted by atomic mass is 79.9. The molecule has 1 aliphatic heterocycles. The summed E-state index contributed by atoms with van der Waals surface area (Å²) in [5.74, 6) is -0.105. The minimum Gasteiger partial charge on any atom is -0.379 e. The molecule has 30 heavy (non-hydrogen) atoms. The van der Waals surface area contributed by atoms with E-state index < -0.39 is 0 Å².